The minimum absolute atomic E-state index is 0.0733. The highest BCUT2D eigenvalue weighted by atomic mass is 16.5. The summed E-state index contributed by atoms with van der Waals surface area (Å²) in [7, 11) is 3.12. The average Bonchev–Trinajstić information content (AvgIpc) is 3.10. The molecule has 3 rings (SSSR count). The average molecular weight is 305 g/mol. The van der Waals surface area contributed by atoms with Crippen molar-refractivity contribution in [2.75, 3.05) is 25.5 Å². The van der Waals surface area contributed by atoms with E-state index in [0.717, 1.165) is 32.4 Å². The van der Waals surface area contributed by atoms with Crippen LogP contribution in [0.1, 0.15) is 36.2 Å². The molecule has 0 unspecified atom stereocenters. The monoisotopic (exact) mass is 305 g/mol. The number of esters is 1. The number of carbonyl (C=O) groups excluding carboxylic acids is 2. The van der Waals surface area contributed by atoms with E-state index in [1.807, 2.05) is 0 Å². The third-order valence-electron chi connectivity index (χ3n) is 5.15. The lowest BCUT2D eigenvalue weighted by Gasteiger charge is -2.36. The minimum Gasteiger partial charge on any atom is -0.464 e. The fraction of sp³-hybridized carbons (Fsp3) is 0.625. The lowest BCUT2D eigenvalue weighted by Crippen LogP contribution is -2.44. The molecule has 0 radical (unpaired) electrons. The van der Waals surface area contributed by atoms with Crippen LogP contribution in [-0.4, -0.2) is 36.6 Å². The van der Waals surface area contributed by atoms with Crippen molar-refractivity contribution in [2.24, 2.45) is 18.4 Å². The van der Waals surface area contributed by atoms with Crippen molar-refractivity contribution in [3.05, 3.63) is 18.0 Å². The van der Waals surface area contributed by atoms with Crippen molar-refractivity contribution in [3.8, 4) is 0 Å². The molecule has 22 heavy (non-hydrogen) atoms. The van der Waals surface area contributed by atoms with Gasteiger partial charge in [0.25, 0.3) is 0 Å². The van der Waals surface area contributed by atoms with E-state index >= 15 is 0 Å². The zero-order valence-electron chi connectivity index (χ0n) is 13.1. The molecule has 2 N–H and O–H groups in total. The summed E-state index contributed by atoms with van der Waals surface area (Å²) in [6.07, 6.45) is 6.11. The lowest BCUT2D eigenvalue weighted by molar-refractivity contribution is -0.128. The summed E-state index contributed by atoms with van der Waals surface area (Å²) in [4.78, 5) is 24.5. The Kier molecular flexibility index (Phi) is 3.95. The highest BCUT2D eigenvalue weighted by molar-refractivity contribution is 5.97. The van der Waals surface area contributed by atoms with Crippen LogP contribution in [0.3, 0.4) is 0 Å². The van der Waals surface area contributed by atoms with Crippen molar-refractivity contribution < 1.29 is 14.3 Å². The number of aryl methyl sites for hydroxylation is 1. The maximum Gasteiger partial charge on any atom is 0.354 e. The third-order valence-corrected chi connectivity index (χ3v) is 5.15. The highest BCUT2D eigenvalue weighted by Crippen LogP contribution is 2.44. The summed E-state index contributed by atoms with van der Waals surface area (Å²) in [5.41, 5.74) is 0.790. The molecule has 6 heteroatoms. The third kappa shape index (κ3) is 2.41. The van der Waals surface area contributed by atoms with Gasteiger partial charge in [-0.05, 0) is 31.4 Å². The van der Waals surface area contributed by atoms with Crippen molar-refractivity contribution in [3.63, 3.8) is 0 Å². The molecular weight excluding hydrogens is 282 g/mol. The summed E-state index contributed by atoms with van der Waals surface area (Å²) in [5.74, 6) is 0.0912. The molecule has 6 nitrogen and oxygen atoms in total. The Hall–Kier alpha value is -1.82. The number of rotatable bonds is 3. The van der Waals surface area contributed by atoms with Crippen molar-refractivity contribution in [1.82, 2.24) is 9.88 Å². The number of amides is 1. The number of ether oxygens (including phenoxy) is 1. The molecule has 1 aliphatic heterocycles. The summed E-state index contributed by atoms with van der Waals surface area (Å²) in [6.45, 7) is 1.68. The largest absolute Gasteiger partial charge is 0.464 e. The number of aromatic nitrogens is 1. The smallest absolute Gasteiger partial charge is 0.354 e. The molecule has 2 fully saturated rings. The van der Waals surface area contributed by atoms with Gasteiger partial charge < -0.3 is 19.9 Å². The van der Waals surface area contributed by atoms with Crippen molar-refractivity contribution in [2.45, 2.75) is 25.7 Å². The first-order valence-electron chi connectivity index (χ1n) is 7.84. The summed E-state index contributed by atoms with van der Waals surface area (Å²) < 4.78 is 6.41. The van der Waals surface area contributed by atoms with Crippen LogP contribution in [-0.2, 0) is 16.6 Å². The predicted octanol–water partition coefficient (Wildman–Crippen LogP) is 1.53. The molecule has 0 aromatic carbocycles. The van der Waals surface area contributed by atoms with Gasteiger partial charge in [0, 0.05) is 19.8 Å². The molecule has 2 atom stereocenters. The van der Waals surface area contributed by atoms with Crippen molar-refractivity contribution >= 4 is 17.6 Å². The van der Waals surface area contributed by atoms with Gasteiger partial charge >= 0.3 is 5.97 Å². The Labute approximate surface area is 130 Å². The van der Waals surface area contributed by atoms with E-state index in [2.05, 4.69) is 10.6 Å². The standard InChI is InChI=1S/C16H23N3O3/c1-19-9-12(7-13(19)14(20)22-2)18-15(21)16-6-4-3-5-11(16)8-17-10-16/h7,9,11,17H,3-6,8,10H2,1-2H3,(H,18,21)/t11-,16+/m0/s1. The molecule has 1 aromatic rings. The minimum atomic E-state index is -0.403. The quantitative estimate of drug-likeness (QED) is 0.831. The summed E-state index contributed by atoms with van der Waals surface area (Å²) in [6, 6.07) is 1.67. The zero-order valence-corrected chi connectivity index (χ0v) is 13.1. The second-order valence-corrected chi connectivity index (χ2v) is 6.40. The maximum atomic E-state index is 12.9. The van der Waals surface area contributed by atoms with Gasteiger partial charge in [0.1, 0.15) is 5.69 Å². The fourth-order valence-corrected chi connectivity index (χ4v) is 3.89. The molecule has 1 saturated heterocycles. The zero-order chi connectivity index (χ0) is 15.7. The van der Waals surface area contributed by atoms with Crippen molar-refractivity contribution in [1.29, 1.82) is 0 Å². The fourth-order valence-electron chi connectivity index (χ4n) is 3.89. The van der Waals surface area contributed by atoms with Crippen LogP contribution in [0.25, 0.3) is 0 Å². The number of hydrogen-bond donors (Lipinski definition) is 2. The molecular formula is C16H23N3O3. The Balaban J connectivity index is 1.78. The normalized spacial score (nSPS) is 27.3. The van der Waals surface area contributed by atoms with E-state index in [1.54, 1.807) is 23.9 Å². The van der Waals surface area contributed by atoms with Gasteiger partial charge in [-0.15, -0.1) is 0 Å². The Morgan fingerprint density at radius 1 is 1.45 bits per heavy atom. The second-order valence-electron chi connectivity index (χ2n) is 6.40. The van der Waals surface area contributed by atoms with E-state index in [4.69, 9.17) is 4.74 Å². The van der Waals surface area contributed by atoms with Gasteiger partial charge in [-0.25, -0.2) is 4.79 Å². The number of nitrogens with one attached hydrogen (secondary N) is 2. The molecule has 0 spiro atoms. The van der Waals surface area contributed by atoms with E-state index in [9.17, 15) is 9.59 Å². The Bertz CT molecular complexity index is 595. The number of anilines is 1. The second kappa shape index (κ2) is 5.76. The first kappa shape index (κ1) is 15.1. The molecule has 120 valence electrons. The van der Waals surface area contributed by atoms with Crippen LogP contribution in [0.4, 0.5) is 5.69 Å². The summed E-state index contributed by atoms with van der Waals surface area (Å²) >= 11 is 0. The number of methoxy groups -OCH3 is 1. The van der Waals surface area contributed by atoms with Crippen LogP contribution in [0.15, 0.2) is 12.3 Å². The van der Waals surface area contributed by atoms with Gasteiger partial charge in [-0.3, -0.25) is 4.79 Å². The molecule has 1 amide bonds. The first-order chi connectivity index (χ1) is 10.6. The number of carbonyl (C=O) groups is 2. The maximum absolute atomic E-state index is 12.9. The van der Waals surface area contributed by atoms with Crippen LogP contribution in [0, 0.1) is 11.3 Å². The summed E-state index contributed by atoms with van der Waals surface area (Å²) in [5, 5.41) is 6.38. The van der Waals surface area contributed by atoms with Crippen LogP contribution < -0.4 is 10.6 Å². The SMILES string of the molecule is COC(=O)c1cc(NC(=O)[C@@]23CCCC[C@H]2CNC3)cn1C. The van der Waals surface area contributed by atoms with Gasteiger partial charge in [0.2, 0.25) is 5.91 Å². The highest BCUT2D eigenvalue weighted by Gasteiger charge is 2.49. The van der Waals surface area contributed by atoms with Crippen LogP contribution >= 0.6 is 0 Å². The molecule has 0 bridgehead atoms. The van der Waals surface area contributed by atoms with E-state index in [1.165, 1.54) is 13.5 Å². The first-order valence-corrected chi connectivity index (χ1v) is 7.84. The molecule has 2 aliphatic rings. The van der Waals surface area contributed by atoms with Gasteiger partial charge in [-0.1, -0.05) is 12.8 Å². The molecule has 1 saturated carbocycles. The van der Waals surface area contributed by atoms with E-state index < -0.39 is 5.97 Å². The topological polar surface area (TPSA) is 72.4 Å². The Morgan fingerprint density at radius 2 is 2.27 bits per heavy atom. The number of hydrogen-bond acceptors (Lipinski definition) is 4. The number of nitrogens with zero attached hydrogens (tertiary/aromatic N) is 1. The van der Waals surface area contributed by atoms with Gasteiger partial charge in [0.05, 0.1) is 18.2 Å². The van der Waals surface area contributed by atoms with E-state index in [0.29, 0.717) is 17.3 Å². The predicted molar refractivity (Wildman–Crippen MR) is 82.6 cm³/mol. The van der Waals surface area contributed by atoms with E-state index in [-0.39, 0.29) is 11.3 Å². The number of fused-ring (bicyclic) bond motifs is 1. The van der Waals surface area contributed by atoms with Gasteiger partial charge in [0.15, 0.2) is 0 Å². The van der Waals surface area contributed by atoms with Gasteiger partial charge in [-0.2, -0.15) is 0 Å². The Morgan fingerprint density at radius 3 is 3.05 bits per heavy atom. The molecule has 2 heterocycles. The lowest BCUT2D eigenvalue weighted by atomic mass is 9.67. The van der Waals surface area contributed by atoms with Crippen LogP contribution in [0.2, 0.25) is 0 Å². The molecule has 1 aromatic heterocycles. The molecule has 1 aliphatic carbocycles. The van der Waals surface area contributed by atoms with Crippen LogP contribution in [0.5, 0.6) is 0 Å².